The van der Waals surface area contributed by atoms with E-state index < -0.39 is 7.12 Å². The normalized spacial score (nSPS) is 32.6. The van der Waals surface area contributed by atoms with E-state index in [4.69, 9.17) is 11.6 Å². The molecule has 0 amide bonds. The van der Waals surface area contributed by atoms with E-state index in [0.717, 1.165) is 17.4 Å². The van der Waals surface area contributed by atoms with E-state index in [1.54, 1.807) is 6.07 Å². The van der Waals surface area contributed by atoms with Gasteiger partial charge in [0, 0.05) is 16.0 Å². The van der Waals surface area contributed by atoms with Gasteiger partial charge in [0.2, 0.25) is 0 Å². The van der Waals surface area contributed by atoms with E-state index >= 15 is 0 Å². The van der Waals surface area contributed by atoms with Crippen LogP contribution in [0.5, 0.6) is 0 Å². The van der Waals surface area contributed by atoms with Crippen molar-refractivity contribution in [1.82, 2.24) is 0 Å². The molecule has 4 bridgehead atoms. The minimum atomic E-state index is -1.50. The lowest BCUT2D eigenvalue weighted by Gasteiger charge is -2.61. The number of hydrogen-bond donors (Lipinski definition) is 2. The highest BCUT2D eigenvalue weighted by atomic mass is 35.5. The molecule has 30 heavy (non-hydrogen) atoms. The largest absolute Gasteiger partial charge is 0.488 e. The average Bonchev–Trinajstić information content (AvgIpc) is 3.03. The molecule has 4 fully saturated rings. The summed E-state index contributed by atoms with van der Waals surface area (Å²) >= 11 is 6.87. The predicted molar refractivity (Wildman–Crippen MR) is 122 cm³/mol. The number of halogens is 1. The summed E-state index contributed by atoms with van der Waals surface area (Å²) < 4.78 is 0. The average molecular weight is 415 g/mol. The first-order valence-corrected chi connectivity index (χ1v) is 11.7. The summed E-state index contributed by atoms with van der Waals surface area (Å²) in [6.45, 7) is 0. The Hall–Kier alpha value is -1.81. The summed E-state index contributed by atoms with van der Waals surface area (Å²) in [6, 6.07) is 17.1. The van der Waals surface area contributed by atoms with Crippen LogP contribution in [0.3, 0.4) is 0 Å². The molecule has 4 heteroatoms. The molecule has 0 atom stereocenters. The molecule has 1 spiro atoms. The van der Waals surface area contributed by atoms with Crippen LogP contribution in [0.1, 0.15) is 43.2 Å². The van der Waals surface area contributed by atoms with Crippen LogP contribution < -0.4 is 5.46 Å². The molecule has 2 nitrogen and oxygen atoms in total. The predicted octanol–water partition coefficient (Wildman–Crippen LogP) is 4.90. The molecule has 5 aliphatic rings. The highest BCUT2D eigenvalue weighted by Gasteiger charge is 2.62. The Balaban J connectivity index is 1.63. The van der Waals surface area contributed by atoms with E-state index in [-0.39, 0.29) is 5.41 Å². The molecule has 150 valence electrons. The summed E-state index contributed by atoms with van der Waals surface area (Å²) in [4.78, 5) is 0. The van der Waals surface area contributed by atoms with Gasteiger partial charge in [0.1, 0.15) is 0 Å². The SMILES string of the molecule is OB(O)c1cc(Cl)c2c(c1)C1(c3c-2ccc2ccccc32)C2CC3CC(C2)CC1C3. The lowest BCUT2D eigenvalue weighted by Crippen LogP contribution is -2.55. The molecule has 3 aromatic rings. The smallest absolute Gasteiger partial charge is 0.423 e. The third-order valence-electron chi connectivity index (χ3n) is 8.89. The Morgan fingerprint density at radius 3 is 2.27 bits per heavy atom. The highest BCUT2D eigenvalue weighted by molar-refractivity contribution is 6.59. The van der Waals surface area contributed by atoms with Crippen molar-refractivity contribution in [3.63, 3.8) is 0 Å². The van der Waals surface area contributed by atoms with E-state index in [2.05, 4.69) is 42.5 Å². The Bertz CT molecular complexity index is 1190. The molecule has 3 aromatic carbocycles. The van der Waals surface area contributed by atoms with Crippen LogP contribution in [-0.4, -0.2) is 17.2 Å². The minimum absolute atomic E-state index is 0.0481. The summed E-state index contributed by atoms with van der Waals surface area (Å²) in [6.07, 6.45) is 6.57. The molecule has 2 N–H and O–H groups in total. The number of rotatable bonds is 1. The molecule has 4 saturated carbocycles. The van der Waals surface area contributed by atoms with Crippen LogP contribution in [-0.2, 0) is 5.41 Å². The molecule has 0 heterocycles. The van der Waals surface area contributed by atoms with Gasteiger partial charge in [-0.15, -0.1) is 0 Å². The second kappa shape index (κ2) is 5.91. The van der Waals surface area contributed by atoms with Gasteiger partial charge >= 0.3 is 7.12 Å². The number of hydrogen-bond acceptors (Lipinski definition) is 2. The van der Waals surface area contributed by atoms with Gasteiger partial charge in [-0.2, -0.15) is 0 Å². The molecule has 5 aliphatic carbocycles. The molecule has 0 aliphatic heterocycles. The first-order valence-electron chi connectivity index (χ1n) is 11.3. The van der Waals surface area contributed by atoms with Crippen molar-refractivity contribution in [2.24, 2.45) is 23.7 Å². The zero-order chi connectivity index (χ0) is 20.2. The fourth-order valence-electron chi connectivity index (χ4n) is 8.21. The molecule has 0 unspecified atom stereocenters. The molecular formula is C26H24BClO2. The molecular weight excluding hydrogens is 391 g/mol. The van der Waals surface area contributed by atoms with Crippen LogP contribution in [0.4, 0.5) is 0 Å². The first-order chi connectivity index (χ1) is 14.6. The minimum Gasteiger partial charge on any atom is -0.423 e. The van der Waals surface area contributed by atoms with Crippen molar-refractivity contribution < 1.29 is 10.0 Å². The molecule has 0 saturated heterocycles. The van der Waals surface area contributed by atoms with E-state index in [1.165, 1.54) is 59.6 Å². The third kappa shape index (κ3) is 2.04. The zero-order valence-electron chi connectivity index (χ0n) is 16.8. The van der Waals surface area contributed by atoms with Crippen molar-refractivity contribution in [3.05, 3.63) is 64.7 Å². The van der Waals surface area contributed by atoms with Crippen molar-refractivity contribution in [3.8, 4) is 11.1 Å². The van der Waals surface area contributed by atoms with Gasteiger partial charge in [0.05, 0.1) is 0 Å². The van der Waals surface area contributed by atoms with Crippen LogP contribution in [0.15, 0.2) is 48.5 Å². The lowest BCUT2D eigenvalue weighted by atomic mass is 9.42. The van der Waals surface area contributed by atoms with E-state index in [9.17, 15) is 10.0 Å². The second-order valence-electron chi connectivity index (χ2n) is 10.2. The molecule has 8 rings (SSSR count). The van der Waals surface area contributed by atoms with Gasteiger partial charge in [-0.05, 0) is 94.8 Å². The Labute approximate surface area is 182 Å². The highest BCUT2D eigenvalue weighted by Crippen LogP contribution is 2.70. The third-order valence-corrected chi connectivity index (χ3v) is 9.19. The standard InChI is InChI=1S/C26H24BClO2/c28-23-13-19(27(29)30)12-22-24(23)21-6-5-16-3-1-2-4-20(16)25(21)26(22)17-8-14-7-15(10-17)11-18(26)9-14/h1-6,12-15,17-18,29-30H,7-11H2. The summed E-state index contributed by atoms with van der Waals surface area (Å²) in [5.41, 5.74) is 5.60. The van der Waals surface area contributed by atoms with E-state index in [1.807, 2.05) is 0 Å². The molecule has 0 aromatic heterocycles. The Morgan fingerprint density at radius 2 is 1.57 bits per heavy atom. The molecule has 0 radical (unpaired) electrons. The maximum absolute atomic E-state index is 10.0. The topological polar surface area (TPSA) is 40.5 Å². The lowest BCUT2D eigenvalue weighted by molar-refractivity contribution is -0.0393. The Kier molecular flexibility index (Phi) is 3.51. The van der Waals surface area contributed by atoms with Crippen LogP contribution in [0, 0.1) is 23.7 Å². The van der Waals surface area contributed by atoms with Gasteiger partial charge in [-0.25, -0.2) is 0 Å². The van der Waals surface area contributed by atoms with Gasteiger partial charge in [0.15, 0.2) is 0 Å². The van der Waals surface area contributed by atoms with Gasteiger partial charge < -0.3 is 10.0 Å². The van der Waals surface area contributed by atoms with E-state index in [0.29, 0.717) is 22.3 Å². The first kappa shape index (κ1) is 17.8. The fraction of sp³-hybridized carbons (Fsp3) is 0.385. The van der Waals surface area contributed by atoms with Crippen molar-refractivity contribution in [1.29, 1.82) is 0 Å². The van der Waals surface area contributed by atoms with Crippen LogP contribution in [0.25, 0.3) is 21.9 Å². The monoisotopic (exact) mass is 414 g/mol. The fourth-order valence-corrected chi connectivity index (χ4v) is 8.54. The second-order valence-corrected chi connectivity index (χ2v) is 10.6. The summed E-state index contributed by atoms with van der Waals surface area (Å²) in [5, 5.41) is 23.3. The number of fused-ring (bicyclic) bond motifs is 5. The van der Waals surface area contributed by atoms with Crippen LogP contribution >= 0.6 is 11.6 Å². The number of benzene rings is 3. The summed E-state index contributed by atoms with van der Waals surface area (Å²) in [7, 11) is -1.50. The maximum Gasteiger partial charge on any atom is 0.488 e. The maximum atomic E-state index is 10.0. The van der Waals surface area contributed by atoms with Crippen molar-refractivity contribution in [2.75, 3.05) is 0 Å². The van der Waals surface area contributed by atoms with Crippen molar-refractivity contribution in [2.45, 2.75) is 37.5 Å². The van der Waals surface area contributed by atoms with Crippen LogP contribution in [0.2, 0.25) is 5.02 Å². The zero-order valence-corrected chi connectivity index (χ0v) is 17.6. The quantitative estimate of drug-likeness (QED) is 0.556. The van der Waals surface area contributed by atoms with Gasteiger partial charge in [-0.3, -0.25) is 0 Å². The van der Waals surface area contributed by atoms with Crippen molar-refractivity contribution >= 4 is 35.0 Å². The van der Waals surface area contributed by atoms with Gasteiger partial charge in [-0.1, -0.05) is 54.1 Å². The van der Waals surface area contributed by atoms with Gasteiger partial charge in [0.25, 0.3) is 0 Å². The Morgan fingerprint density at radius 1 is 0.867 bits per heavy atom. The summed E-state index contributed by atoms with van der Waals surface area (Å²) in [5.74, 6) is 2.95.